The molecule has 1 atom stereocenters. The molecule has 0 saturated carbocycles. The molecule has 1 aromatic rings. The predicted molar refractivity (Wildman–Crippen MR) is 105 cm³/mol. The number of hydrogen-bond acceptors (Lipinski definition) is 9. The zero-order chi connectivity index (χ0) is 20.4. The van der Waals surface area contributed by atoms with Crippen LogP contribution in [0.2, 0.25) is 0 Å². The molecule has 1 aliphatic heterocycles. The minimum absolute atomic E-state index is 0.0959. The fourth-order valence-corrected chi connectivity index (χ4v) is 3.18. The molecule has 0 spiro atoms. The van der Waals surface area contributed by atoms with E-state index in [1.165, 1.54) is 32.4 Å². The molecular weight excluding hydrogens is 366 g/mol. The van der Waals surface area contributed by atoms with Gasteiger partial charge in [-0.3, -0.25) is 15.0 Å². The normalized spacial score (nSPS) is 18.4. The van der Waals surface area contributed by atoms with Gasteiger partial charge in [-0.15, -0.1) is 0 Å². The number of carbonyl (C=O) groups is 1. The number of hydrogen-bond donors (Lipinski definition) is 3. The summed E-state index contributed by atoms with van der Waals surface area (Å²) in [6, 6.07) is 3.47. The van der Waals surface area contributed by atoms with Gasteiger partial charge in [-0.1, -0.05) is 0 Å². The van der Waals surface area contributed by atoms with Crippen LogP contribution in [-0.4, -0.2) is 82.4 Å². The smallest absolute Gasteiger partial charge is 0.327 e. The van der Waals surface area contributed by atoms with Gasteiger partial charge in [-0.05, 0) is 6.07 Å². The van der Waals surface area contributed by atoms with Gasteiger partial charge in [-0.25, -0.2) is 4.79 Å². The third-order valence-corrected chi connectivity index (χ3v) is 4.62. The SMILES string of the molecule is COC(=O)C(c1cc([N+](=O)[O-])ccc1OC)N1CCNCCNCCNCC1. The molecule has 28 heavy (non-hydrogen) atoms. The Bertz CT molecular complexity index is 645. The van der Waals surface area contributed by atoms with E-state index in [0.717, 1.165) is 26.2 Å². The Balaban J connectivity index is 2.35. The maximum absolute atomic E-state index is 12.7. The highest BCUT2D eigenvalue weighted by molar-refractivity contribution is 5.79. The summed E-state index contributed by atoms with van der Waals surface area (Å²) in [4.78, 5) is 25.4. The van der Waals surface area contributed by atoms with E-state index in [2.05, 4.69) is 16.0 Å². The molecule has 1 aromatic carbocycles. The van der Waals surface area contributed by atoms with Crippen molar-refractivity contribution in [1.82, 2.24) is 20.9 Å². The number of nitrogens with zero attached hydrogens (tertiary/aromatic N) is 2. The zero-order valence-corrected chi connectivity index (χ0v) is 16.4. The molecule has 1 saturated heterocycles. The molecule has 0 bridgehead atoms. The second-order valence-corrected chi connectivity index (χ2v) is 6.40. The molecule has 0 aromatic heterocycles. The lowest BCUT2D eigenvalue weighted by Gasteiger charge is -2.31. The van der Waals surface area contributed by atoms with Crippen LogP contribution in [0.5, 0.6) is 5.75 Å². The molecule has 1 unspecified atom stereocenters. The Morgan fingerprint density at radius 1 is 1.07 bits per heavy atom. The number of ether oxygens (including phenoxy) is 2. The summed E-state index contributed by atoms with van der Waals surface area (Å²) in [7, 11) is 2.79. The standard InChI is InChI=1S/C18H29N5O5/c1-27-16-4-3-14(23(25)26)13-15(16)17(18(24)28-2)22-11-9-20-7-5-19-6-8-21-10-12-22/h3-4,13,17,19-21H,5-12H2,1-2H3. The van der Waals surface area contributed by atoms with Gasteiger partial charge in [0.15, 0.2) is 0 Å². The lowest BCUT2D eigenvalue weighted by Crippen LogP contribution is -2.45. The molecule has 156 valence electrons. The molecule has 10 heteroatoms. The van der Waals surface area contributed by atoms with E-state index in [9.17, 15) is 14.9 Å². The molecule has 0 amide bonds. The van der Waals surface area contributed by atoms with Crippen molar-refractivity contribution < 1.29 is 19.2 Å². The number of benzene rings is 1. The molecule has 1 heterocycles. The lowest BCUT2D eigenvalue weighted by atomic mass is 10.0. The van der Waals surface area contributed by atoms with E-state index < -0.39 is 16.9 Å². The largest absolute Gasteiger partial charge is 0.496 e. The van der Waals surface area contributed by atoms with Crippen LogP contribution in [-0.2, 0) is 9.53 Å². The van der Waals surface area contributed by atoms with Crippen molar-refractivity contribution in [1.29, 1.82) is 0 Å². The van der Waals surface area contributed by atoms with Gasteiger partial charge in [0, 0.05) is 70.1 Å². The lowest BCUT2D eigenvalue weighted by molar-refractivity contribution is -0.385. The average molecular weight is 395 g/mol. The van der Waals surface area contributed by atoms with Gasteiger partial charge >= 0.3 is 5.97 Å². The molecule has 2 rings (SSSR count). The fourth-order valence-electron chi connectivity index (χ4n) is 3.18. The van der Waals surface area contributed by atoms with Gasteiger partial charge < -0.3 is 25.4 Å². The van der Waals surface area contributed by atoms with Crippen molar-refractivity contribution in [3.63, 3.8) is 0 Å². The molecule has 1 aliphatic rings. The summed E-state index contributed by atoms with van der Waals surface area (Å²) in [5.74, 6) is -0.0650. The first kappa shape index (κ1) is 22.0. The quantitative estimate of drug-likeness (QED) is 0.357. The van der Waals surface area contributed by atoms with Crippen LogP contribution < -0.4 is 20.7 Å². The van der Waals surface area contributed by atoms with Crippen molar-refractivity contribution >= 4 is 11.7 Å². The first-order valence-electron chi connectivity index (χ1n) is 9.34. The third-order valence-electron chi connectivity index (χ3n) is 4.62. The van der Waals surface area contributed by atoms with Crippen LogP contribution in [0.15, 0.2) is 18.2 Å². The highest BCUT2D eigenvalue weighted by Crippen LogP contribution is 2.33. The average Bonchev–Trinajstić information content (AvgIpc) is 2.69. The van der Waals surface area contributed by atoms with Gasteiger partial charge in [0.25, 0.3) is 5.69 Å². The van der Waals surface area contributed by atoms with Crippen molar-refractivity contribution in [3.8, 4) is 5.75 Å². The Morgan fingerprint density at radius 2 is 1.64 bits per heavy atom. The first-order chi connectivity index (χ1) is 13.6. The first-order valence-corrected chi connectivity index (χ1v) is 9.34. The zero-order valence-electron chi connectivity index (χ0n) is 16.4. The summed E-state index contributed by atoms with van der Waals surface area (Å²) < 4.78 is 10.4. The van der Waals surface area contributed by atoms with Crippen LogP contribution in [0.4, 0.5) is 5.69 Å². The molecule has 0 aliphatic carbocycles. The van der Waals surface area contributed by atoms with Crippen LogP contribution in [0, 0.1) is 10.1 Å². The van der Waals surface area contributed by atoms with Crippen LogP contribution in [0.1, 0.15) is 11.6 Å². The number of carbonyl (C=O) groups excluding carboxylic acids is 1. The fraction of sp³-hybridized carbons (Fsp3) is 0.611. The number of esters is 1. The minimum Gasteiger partial charge on any atom is -0.496 e. The molecule has 3 N–H and O–H groups in total. The Labute approximate surface area is 164 Å². The van der Waals surface area contributed by atoms with Gasteiger partial charge in [0.2, 0.25) is 0 Å². The number of nitro groups is 1. The van der Waals surface area contributed by atoms with E-state index >= 15 is 0 Å². The van der Waals surface area contributed by atoms with E-state index in [1.54, 1.807) is 0 Å². The highest BCUT2D eigenvalue weighted by Gasteiger charge is 2.32. The van der Waals surface area contributed by atoms with Gasteiger partial charge in [-0.2, -0.15) is 0 Å². The number of non-ortho nitro benzene ring substituents is 1. The van der Waals surface area contributed by atoms with Crippen LogP contribution in [0.3, 0.4) is 0 Å². The number of nitro benzene ring substituents is 1. The number of nitrogens with one attached hydrogen (secondary N) is 3. The monoisotopic (exact) mass is 395 g/mol. The Kier molecular flexibility index (Phi) is 9.08. The van der Waals surface area contributed by atoms with Crippen LogP contribution >= 0.6 is 0 Å². The maximum Gasteiger partial charge on any atom is 0.327 e. The van der Waals surface area contributed by atoms with Crippen molar-refractivity contribution in [2.45, 2.75) is 6.04 Å². The summed E-state index contributed by atoms with van der Waals surface area (Å²) in [5, 5.41) is 21.3. The summed E-state index contributed by atoms with van der Waals surface area (Å²) in [6.07, 6.45) is 0. The molecule has 10 nitrogen and oxygen atoms in total. The minimum atomic E-state index is -0.801. The van der Waals surface area contributed by atoms with E-state index in [0.29, 0.717) is 37.5 Å². The van der Waals surface area contributed by atoms with Crippen LogP contribution in [0.25, 0.3) is 0 Å². The van der Waals surface area contributed by atoms with Crippen molar-refractivity contribution in [2.75, 3.05) is 66.6 Å². The second-order valence-electron chi connectivity index (χ2n) is 6.40. The molecule has 0 radical (unpaired) electrons. The van der Waals surface area contributed by atoms with Gasteiger partial charge in [0.05, 0.1) is 19.1 Å². The summed E-state index contributed by atoms with van der Waals surface area (Å²) in [5.41, 5.74) is 0.332. The topological polar surface area (TPSA) is 118 Å². The molecule has 1 fully saturated rings. The van der Waals surface area contributed by atoms with Crippen molar-refractivity contribution in [2.24, 2.45) is 0 Å². The molecular formula is C18H29N5O5. The number of methoxy groups -OCH3 is 2. The van der Waals surface area contributed by atoms with E-state index in [1.807, 2.05) is 4.90 Å². The number of rotatable bonds is 5. The highest BCUT2D eigenvalue weighted by atomic mass is 16.6. The van der Waals surface area contributed by atoms with E-state index in [-0.39, 0.29) is 5.69 Å². The van der Waals surface area contributed by atoms with E-state index in [4.69, 9.17) is 9.47 Å². The Morgan fingerprint density at radius 3 is 2.14 bits per heavy atom. The second kappa shape index (κ2) is 11.5. The third kappa shape index (κ3) is 6.13. The Hall–Kier alpha value is -2.27. The summed E-state index contributed by atoms with van der Waals surface area (Å²) in [6.45, 7) is 5.86. The van der Waals surface area contributed by atoms with Crippen molar-refractivity contribution in [3.05, 3.63) is 33.9 Å². The predicted octanol–water partition coefficient (Wildman–Crippen LogP) is -0.0981. The summed E-state index contributed by atoms with van der Waals surface area (Å²) >= 11 is 0. The maximum atomic E-state index is 12.7. The van der Waals surface area contributed by atoms with Gasteiger partial charge in [0.1, 0.15) is 11.8 Å².